The number of nitrogens with one attached hydrogen (secondary N) is 2. The molecule has 5 nitrogen and oxygen atoms in total. The fraction of sp³-hybridized carbons (Fsp3) is 0.529. The van der Waals surface area contributed by atoms with Crippen LogP contribution in [0.5, 0.6) is 0 Å². The lowest BCUT2D eigenvalue weighted by atomic mass is 10.0. The van der Waals surface area contributed by atoms with E-state index in [2.05, 4.69) is 10.6 Å². The molecule has 1 saturated heterocycles. The molecule has 1 heterocycles. The monoisotopic (exact) mass is 337 g/mol. The number of urea groups is 1. The Morgan fingerprint density at radius 1 is 1.17 bits per heavy atom. The predicted molar refractivity (Wildman–Crippen MR) is 91.8 cm³/mol. The Labute approximate surface area is 142 Å². The van der Waals surface area contributed by atoms with Crippen molar-refractivity contribution in [3.05, 3.63) is 34.9 Å². The van der Waals surface area contributed by atoms with E-state index in [-0.39, 0.29) is 23.5 Å². The summed E-state index contributed by atoms with van der Waals surface area (Å²) in [6.45, 7) is 7.06. The second kappa shape index (κ2) is 7.21. The Bertz CT molecular complexity index is 575. The molecule has 0 spiro atoms. The molecule has 1 aliphatic rings. The maximum absolute atomic E-state index is 12.5. The third-order valence-electron chi connectivity index (χ3n) is 3.71. The molecule has 0 aromatic heterocycles. The summed E-state index contributed by atoms with van der Waals surface area (Å²) in [4.78, 5) is 26.2. The van der Waals surface area contributed by atoms with Gasteiger partial charge in [0.05, 0.1) is 10.6 Å². The van der Waals surface area contributed by atoms with Crippen molar-refractivity contribution < 1.29 is 9.59 Å². The third kappa shape index (κ3) is 5.13. The van der Waals surface area contributed by atoms with Gasteiger partial charge >= 0.3 is 6.03 Å². The second-order valence-electron chi connectivity index (χ2n) is 6.89. The maximum atomic E-state index is 12.5. The Balaban J connectivity index is 1.85. The number of piperidine rings is 1. The number of likely N-dealkylation sites (tertiary alicyclic amines) is 1. The SMILES string of the molecule is CC(C)(C)NC(=O)NC1CCN(C(=O)c2ccccc2Cl)CC1. The van der Waals surface area contributed by atoms with Crippen molar-refractivity contribution in [1.29, 1.82) is 0 Å². The number of benzene rings is 1. The Hall–Kier alpha value is -1.75. The van der Waals surface area contributed by atoms with Gasteiger partial charge in [-0.05, 0) is 45.7 Å². The second-order valence-corrected chi connectivity index (χ2v) is 7.30. The van der Waals surface area contributed by atoms with Gasteiger partial charge in [0.1, 0.15) is 0 Å². The van der Waals surface area contributed by atoms with Gasteiger partial charge in [0.2, 0.25) is 0 Å². The molecule has 126 valence electrons. The molecule has 2 N–H and O–H groups in total. The minimum absolute atomic E-state index is 0.0480. The van der Waals surface area contributed by atoms with E-state index in [1.807, 2.05) is 32.9 Å². The van der Waals surface area contributed by atoms with Crippen LogP contribution in [0.1, 0.15) is 44.0 Å². The molecule has 1 fully saturated rings. The highest BCUT2D eigenvalue weighted by molar-refractivity contribution is 6.33. The lowest BCUT2D eigenvalue weighted by Gasteiger charge is -2.33. The van der Waals surface area contributed by atoms with E-state index in [1.165, 1.54) is 0 Å². The normalized spacial score (nSPS) is 16.1. The molecule has 6 heteroatoms. The molecule has 1 aromatic rings. The first-order valence-electron chi connectivity index (χ1n) is 7.89. The molecule has 0 bridgehead atoms. The molecule has 1 aliphatic heterocycles. The summed E-state index contributed by atoms with van der Waals surface area (Å²) < 4.78 is 0. The number of amides is 3. The van der Waals surface area contributed by atoms with Gasteiger partial charge in [-0.25, -0.2) is 4.79 Å². The number of halogens is 1. The fourth-order valence-electron chi connectivity index (χ4n) is 2.59. The van der Waals surface area contributed by atoms with Crippen LogP contribution in [0.4, 0.5) is 4.79 Å². The van der Waals surface area contributed by atoms with Gasteiger partial charge in [-0.2, -0.15) is 0 Å². The number of carbonyl (C=O) groups is 2. The minimum atomic E-state index is -0.259. The first-order valence-corrected chi connectivity index (χ1v) is 8.26. The quantitative estimate of drug-likeness (QED) is 0.871. The number of hydrogen-bond acceptors (Lipinski definition) is 2. The number of rotatable bonds is 2. The van der Waals surface area contributed by atoms with Crippen LogP contribution in [0.25, 0.3) is 0 Å². The first-order chi connectivity index (χ1) is 10.8. The van der Waals surface area contributed by atoms with Crippen LogP contribution in [-0.4, -0.2) is 41.5 Å². The molecule has 0 aliphatic carbocycles. The van der Waals surface area contributed by atoms with Gasteiger partial charge in [-0.1, -0.05) is 23.7 Å². The van der Waals surface area contributed by atoms with Crippen molar-refractivity contribution in [1.82, 2.24) is 15.5 Å². The van der Waals surface area contributed by atoms with Crippen LogP contribution in [0.3, 0.4) is 0 Å². The van der Waals surface area contributed by atoms with Crippen LogP contribution in [-0.2, 0) is 0 Å². The van der Waals surface area contributed by atoms with Gasteiger partial charge in [0, 0.05) is 24.7 Å². The van der Waals surface area contributed by atoms with Crippen LogP contribution in [0, 0.1) is 0 Å². The predicted octanol–water partition coefficient (Wildman–Crippen LogP) is 3.04. The molecule has 0 radical (unpaired) electrons. The van der Waals surface area contributed by atoms with Crippen LogP contribution in [0.15, 0.2) is 24.3 Å². The van der Waals surface area contributed by atoms with Gasteiger partial charge < -0.3 is 15.5 Å². The van der Waals surface area contributed by atoms with E-state index in [0.717, 1.165) is 12.8 Å². The molecule has 0 unspecified atom stereocenters. The van der Waals surface area contributed by atoms with Gasteiger partial charge in [-0.15, -0.1) is 0 Å². The van der Waals surface area contributed by atoms with Crippen molar-refractivity contribution in [2.45, 2.75) is 45.2 Å². The summed E-state index contributed by atoms with van der Waals surface area (Å²) in [7, 11) is 0. The zero-order valence-electron chi connectivity index (χ0n) is 13.9. The molecular formula is C17H24ClN3O2. The molecule has 2 rings (SSSR count). The van der Waals surface area contributed by atoms with E-state index in [4.69, 9.17) is 11.6 Å². The number of hydrogen-bond donors (Lipinski definition) is 2. The zero-order valence-corrected chi connectivity index (χ0v) is 14.6. The van der Waals surface area contributed by atoms with Crippen molar-refractivity contribution in [3.63, 3.8) is 0 Å². The highest BCUT2D eigenvalue weighted by Gasteiger charge is 2.26. The lowest BCUT2D eigenvalue weighted by Crippen LogP contribution is -2.52. The van der Waals surface area contributed by atoms with Crippen LogP contribution >= 0.6 is 11.6 Å². The van der Waals surface area contributed by atoms with Gasteiger partial charge in [0.25, 0.3) is 5.91 Å². The topological polar surface area (TPSA) is 61.4 Å². The van der Waals surface area contributed by atoms with E-state index in [0.29, 0.717) is 23.7 Å². The van der Waals surface area contributed by atoms with E-state index in [1.54, 1.807) is 17.0 Å². The zero-order chi connectivity index (χ0) is 17.0. The highest BCUT2D eigenvalue weighted by atomic mass is 35.5. The maximum Gasteiger partial charge on any atom is 0.315 e. The average molecular weight is 338 g/mol. The summed E-state index contributed by atoms with van der Waals surface area (Å²) in [6, 6.07) is 7.01. The smallest absolute Gasteiger partial charge is 0.315 e. The fourth-order valence-corrected chi connectivity index (χ4v) is 2.81. The molecule has 23 heavy (non-hydrogen) atoms. The van der Waals surface area contributed by atoms with Gasteiger partial charge in [0.15, 0.2) is 0 Å². The van der Waals surface area contributed by atoms with Crippen molar-refractivity contribution in [2.75, 3.05) is 13.1 Å². The summed E-state index contributed by atoms with van der Waals surface area (Å²) in [5.74, 6) is -0.0480. The van der Waals surface area contributed by atoms with Crippen LogP contribution in [0.2, 0.25) is 5.02 Å². The Kier molecular flexibility index (Phi) is 5.52. The Morgan fingerprint density at radius 3 is 2.35 bits per heavy atom. The first kappa shape index (κ1) is 17.6. The van der Waals surface area contributed by atoms with Crippen molar-refractivity contribution >= 4 is 23.5 Å². The van der Waals surface area contributed by atoms with Crippen LogP contribution < -0.4 is 10.6 Å². The minimum Gasteiger partial charge on any atom is -0.338 e. The summed E-state index contributed by atoms with van der Waals surface area (Å²) in [5.41, 5.74) is 0.274. The standard InChI is InChI=1S/C17H24ClN3O2/c1-17(2,3)20-16(23)19-12-8-10-21(11-9-12)15(22)13-6-4-5-7-14(13)18/h4-7,12H,8-11H2,1-3H3,(H2,19,20,23). The molecule has 3 amide bonds. The molecule has 1 aromatic carbocycles. The summed E-state index contributed by atoms with van der Waals surface area (Å²) in [6.07, 6.45) is 1.49. The van der Waals surface area contributed by atoms with Gasteiger partial charge in [-0.3, -0.25) is 4.79 Å². The van der Waals surface area contributed by atoms with Crippen molar-refractivity contribution in [2.24, 2.45) is 0 Å². The van der Waals surface area contributed by atoms with E-state index in [9.17, 15) is 9.59 Å². The summed E-state index contributed by atoms with van der Waals surface area (Å²) in [5, 5.41) is 6.33. The molecular weight excluding hydrogens is 314 g/mol. The van der Waals surface area contributed by atoms with E-state index < -0.39 is 0 Å². The average Bonchev–Trinajstić information content (AvgIpc) is 2.46. The Morgan fingerprint density at radius 2 is 1.78 bits per heavy atom. The van der Waals surface area contributed by atoms with Crippen molar-refractivity contribution in [3.8, 4) is 0 Å². The largest absolute Gasteiger partial charge is 0.338 e. The number of nitrogens with zero attached hydrogens (tertiary/aromatic N) is 1. The third-order valence-corrected chi connectivity index (χ3v) is 4.04. The molecule has 0 saturated carbocycles. The summed E-state index contributed by atoms with van der Waals surface area (Å²) >= 11 is 6.08. The highest BCUT2D eigenvalue weighted by Crippen LogP contribution is 2.20. The van der Waals surface area contributed by atoms with E-state index >= 15 is 0 Å². The lowest BCUT2D eigenvalue weighted by molar-refractivity contribution is 0.0708. The molecule has 0 atom stereocenters. The number of carbonyl (C=O) groups excluding carboxylic acids is 2.